The Balaban J connectivity index is 0.000000750. The second kappa shape index (κ2) is 3.92. The van der Waals surface area contributed by atoms with Gasteiger partial charge in [-0.3, -0.25) is 4.90 Å². The largest absolute Gasteiger partial charge is 0.299 e. The molecule has 1 nitrogen and oxygen atoms in total. The molecule has 0 radical (unpaired) electrons. The van der Waals surface area contributed by atoms with Gasteiger partial charge in [0.2, 0.25) is 0 Å². The van der Waals surface area contributed by atoms with E-state index in [-0.39, 0.29) is 12.4 Å². The van der Waals surface area contributed by atoms with E-state index >= 15 is 0 Å². The smallest absolute Gasteiger partial charge is 0.0233 e. The van der Waals surface area contributed by atoms with Gasteiger partial charge < -0.3 is 0 Å². The summed E-state index contributed by atoms with van der Waals surface area (Å²) in [6, 6.07) is 10.8. The lowest BCUT2D eigenvalue weighted by atomic mass is 10.2. The van der Waals surface area contributed by atoms with Crippen LogP contribution in [0.2, 0.25) is 0 Å². The van der Waals surface area contributed by atoms with Crippen molar-refractivity contribution in [2.24, 2.45) is 11.8 Å². The minimum absolute atomic E-state index is 0. The molecule has 0 N–H and O–H groups in total. The van der Waals surface area contributed by atoms with Crippen LogP contribution in [0.15, 0.2) is 30.3 Å². The summed E-state index contributed by atoms with van der Waals surface area (Å²) in [5.74, 6) is 2.12. The summed E-state index contributed by atoms with van der Waals surface area (Å²) in [5, 5.41) is 0. The molecule has 1 aromatic carbocycles. The normalized spacial score (nSPS) is 29.4. The van der Waals surface area contributed by atoms with E-state index in [1.807, 2.05) is 0 Å². The average molecular weight is 210 g/mol. The Labute approximate surface area is 91.5 Å². The number of benzene rings is 1. The first-order chi connectivity index (χ1) is 6.42. The van der Waals surface area contributed by atoms with Gasteiger partial charge in [0.1, 0.15) is 0 Å². The number of rotatable bonds is 2. The summed E-state index contributed by atoms with van der Waals surface area (Å²) in [6.07, 6.45) is 1.51. The Morgan fingerprint density at radius 1 is 1.07 bits per heavy atom. The van der Waals surface area contributed by atoms with E-state index in [1.54, 1.807) is 0 Å². The number of nitrogens with zero attached hydrogens (tertiary/aromatic N) is 1. The van der Waals surface area contributed by atoms with E-state index in [2.05, 4.69) is 35.2 Å². The molecule has 0 spiro atoms. The lowest BCUT2D eigenvalue weighted by Crippen LogP contribution is -2.21. The summed E-state index contributed by atoms with van der Waals surface area (Å²) in [5.41, 5.74) is 1.46. The van der Waals surface area contributed by atoms with Crippen LogP contribution in [0.3, 0.4) is 0 Å². The van der Waals surface area contributed by atoms with Crippen molar-refractivity contribution >= 4 is 12.4 Å². The van der Waals surface area contributed by atoms with Gasteiger partial charge in [-0.05, 0) is 23.8 Å². The van der Waals surface area contributed by atoms with Gasteiger partial charge in [-0.2, -0.15) is 0 Å². The number of hydrogen-bond donors (Lipinski definition) is 0. The van der Waals surface area contributed by atoms with Crippen LogP contribution in [0, 0.1) is 11.8 Å². The molecule has 2 fully saturated rings. The van der Waals surface area contributed by atoms with Crippen molar-refractivity contribution in [3.63, 3.8) is 0 Å². The lowest BCUT2D eigenvalue weighted by molar-refractivity contribution is 0.297. The van der Waals surface area contributed by atoms with Crippen molar-refractivity contribution < 1.29 is 0 Å². The van der Waals surface area contributed by atoms with E-state index in [4.69, 9.17) is 0 Å². The summed E-state index contributed by atoms with van der Waals surface area (Å²) in [6.45, 7) is 3.85. The maximum Gasteiger partial charge on any atom is 0.0233 e. The van der Waals surface area contributed by atoms with Gasteiger partial charge >= 0.3 is 0 Å². The number of fused-ring (bicyclic) bond motifs is 1. The van der Waals surface area contributed by atoms with Crippen LogP contribution in [-0.2, 0) is 6.54 Å². The van der Waals surface area contributed by atoms with Crippen molar-refractivity contribution in [2.75, 3.05) is 13.1 Å². The van der Waals surface area contributed by atoms with Crippen LogP contribution in [0.1, 0.15) is 12.0 Å². The fraction of sp³-hybridized carbons (Fsp3) is 0.500. The minimum Gasteiger partial charge on any atom is -0.299 e. The predicted octanol–water partition coefficient (Wildman–Crippen LogP) is 2.56. The molecule has 1 aliphatic carbocycles. The van der Waals surface area contributed by atoms with E-state index in [9.17, 15) is 0 Å². The van der Waals surface area contributed by atoms with Crippen LogP contribution in [0.5, 0.6) is 0 Å². The zero-order chi connectivity index (χ0) is 8.67. The zero-order valence-corrected chi connectivity index (χ0v) is 9.04. The molecule has 0 aromatic heterocycles. The molecule has 0 amide bonds. The van der Waals surface area contributed by atoms with Gasteiger partial charge in [0.05, 0.1) is 0 Å². The van der Waals surface area contributed by atoms with Crippen LogP contribution in [0.4, 0.5) is 0 Å². The second-order valence-corrected chi connectivity index (χ2v) is 4.44. The van der Waals surface area contributed by atoms with Gasteiger partial charge in [-0.25, -0.2) is 0 Å². The van der Waals surface area contributed by atoms with Crippen molar-refractivity contribution in [1.29, 1.82) is 0 Å². The van der Waals surface area contributed by atoms with E-state index in [0.29, 0.717) is 0 Å². The molecule has 1 aromatic rings. The maximum absolute atomic E-state index is 2.59. The molecule has 1 heterocycles. The Bertz CT molecular complexity index is 288. The molecule has 1 aliphatic heterocycles. The summed E-state index contributed by atoms with van der Waals surface area (Å²) in [7, 11) is 0. The Morgan fingerprint density at radius 2 is 1.71 bits per heavy atom. The van der Waals surface area contributed by atoms with Gasteiger partial charge in [-0.1, -0.05) is 30.3 Å². The monoisotopic (exact) mass is 209 g/mol. The highest BCUT2D eigenvalue weighted by Crippen LogP contribution is 2.45. The zero-order valence-electron chi connectivity index (χ0n) is 8.23. The van der Waals surface area contributed by atoms with Gasteiger partial charge in [0.25, 0.3) is 0 Å². The third kappa shape index (κ3) is 1.94. The van der Waals surface area contributed by atoms with Crippen molar-refractivity contribution in [2.45, 2.75) is 13.0 Å². The molecule has 2 atom stereocenters. The predicted molar refractivity (Wildman–Crippen MR) is 60.6 cm³/mol. The minimum atomic E-state index is 0. The molecule has 3 rings (SSSR count). The number of piperidine rings is 1. The lowest BCUT2D eigenvalue weighted by Gasteiger charge is -2.16. The van der Waals surface area contributed by atoms with E-state index < -0.39 is 0 Å². The third-order valence-electron chi connectivity index (χ3n) is 3.30. The first-order valence-electron chi connectivity index (χ1n) is 5.18. The molecule has 76 valence electrons. The van der Waals surface area contributed by atoms with Crippen LogP contribution >= 0.6 is 12.4 Å². The third-order valence-corrected chi connectivity index (χ3v) is 3.30. The first kappa shape index (κ1) is 10.0. The maximum atomic E-state index is 2.59. The van der Waals surface area contributed by atoms with Gasteiger partial charge in [0.15, 0.2) is 0 Å². The van der Waals surface area contributed by atoms with Gasteiger partial charge in [-0.15, -0.1) is 12.4 Å². The highest BCUT2D eigenvalue weighted by molar-refractivity contribution is 5.85. The molecule has 1 saturated heterocycles. The number of halogens is 1. The summed E-state index contributed by atoms with van der Waals surface area (Å²) in [4.78, 5) is 2.59. The first-order valence-corrected chi connectivity index (χ1v) is 5.18. The van der Waals surface area contributed by atoms with Crippen LogP contribution in [-0.4, -0.2) is 18.0 Å². The van der Waals surface area contributed by atoms with Crippen molar-refractivity contribution in [3.8, 4) is 0 Å². The molecule has 14 heavy (non-hydrogen) atoms. The van der Waals surface area contributed by atoms with Crippen LogP contribution in [0.25, 0.3) is 0 Å². The average Bonchev–Trinajstić information content (AvgIpc) is 2.76. The highest BCUT2D eigenvalue weighted by Gasteiger charge is 2.44. The molecular weight excluding hydrogens is 194 g/mol. The molecule has 2 heteroatoms. The second-order valence-electron chi connectivity index (χ2n) is 4.44. The number of likely N-dealkylation sites (tertiary alicyclic amines) is 1. The van der Waals surface area contributed by atoms with Gasteiger partial charge in [0, 0.05) is 19.6 Å². The summed E-state index contributed by atoms with van der Waals surface area (Å²) >= 11 is 0. The molecule has 1 saturated carbocycles. The standard InChI is InChI=1S/C12H15N.ClH/c1-2-4-10(5-3-1)7-13-8-11-6-12(11)9-13;/h1-5,11-12H,6-9H2;1H. The molecule has 0 bridgehead atoms. The topological polar surface area (TPSA) is 3.24 Å². The summed E-state index contributed by atoms with van der Waals surface area (Å²) < 4.78 is 0. The van der Waals surface area contributed by atoms with E-state index in [0.717, 1.165) is 18.4 Å². The molecular formula is C12H16ClN. The van der Waals surface area contributed by atoms with E-state index in [1.165, 1.54) is 25.1 Å². The Morgan fingerprint density at radius 3 is 2.36 bits per heavy atom. The highest BCUT2D eigenvalue weighted by atomic mass is 35.5. The van der Waals surface area contributed by atoms with Crippen molar-refractivity contribution in [1.82, 2.24) is 4.90 Å². The fourth-order valence-corrected chi connectivity index (χ4v) is 2.47. The fourth-order valence-electron chi connectivity index (χ4n) is 2.47. The van der Waals surface area contributed by atoms with Crippen molar-refractivity contribution in [3.05, 3.63) is 35.9 Å². The Kier molecular flexibility index (Phi) is 2.80. The quantitative estimate of drug-likeness (QED) is 0.724. The molecule has 2 aliphatic rings. The van der Waals surface area contributed by atoms with Crippen LogP contribution < -0.4 is 0 Å². The Hall–Kier alpha value is -0.530. The SMILES string of the molecule is Cl.c1ccc(CN2CC3CC3C2)cc1. The number of hydrogen-bond acceptors (Lipinski definition) is 1. The molecule has 2 unspecified atom stereocenters.